The first-order chi connectivity index (χ1) is 7.88. The van der Waals surface area contributed by atoms with Crippen molar-refractivity contribution in [1.29, 1.82) is 0 Å². The Morgan fingerprint density at radius 1 is 1.62 bits per heavy atom. The van der Waals surface area contributed by atoms with E-state index in [2.05, 4.69) is 29.0 Å². The molecule has 0 bridgehead atoms. The van der Waals surface area contributed by atoms with Crippen LogP contribution >= 0.6 is 11.3 Å². The summed E-state index contributed by atoms with van der Waals surface area (Å²) in [6.45, 7) is 7.75. The largest absolute Gasteiger partial charge is 0.377 e. The summed E-state index contributed by atoms with van der Waals surface area (Å²) in [5.41, 5.74) is 0. The van der Waals surface area contributed by atoms with Gasteiger partial charge in [-0.3, -0.25) is 4.90 Å². The molecule has 1 unspecified atom stereocenters. The number of hydrogen-bond donors (Lipinski definition) is 0. The molecule has 2 rings (SSSR count). The van der Waals surface area contributed by atoms with Crippen molar-refractivity contribution in [2.24, 2.45) is 0 Å². The highest BCUT2D eigenvalue weighted by molar-refractivity contribution is 7.09. The fourth-order valence-corrected chi connectivity index (χ4v) is 2.83. The molecular formula is C13H19NOS. The maximum atomic E-state index is 5.68. The van der Waals surface area contributed by atoms with E-state index in [9.17, 15) is 0 Å². The molecule has 0 N–H and O–H groups in total. The highest BCUT2D eigenvalue weighted by atomic mass is 32.1. The Kier molecular flexibility index (Phi) is 4.57. The van der Waals surface area contributed by atoms with Gasteiger partial charge in [-0.2, -0.15) is 0 Å². The molecule has 2 nitrogen and oxygen atoms in total. The van der Waals surface area contributed by atoms with Crippen molar-refractivity contribution in [2.75, 3.05) is 19.7 Å². The SMILES string of the molecule is C=CCN(Cc1cccs1)CC1CCCO1. The molecule has 0 aliphatic carbocycles. The predicted octanol–water partition coefficient (Wildman–Crippen LogP) is 2.92. The van der Waals surface area contributed by atoms with Crippen LogP contribution in [-0.4, -0.2) is 30.7 Å². The van der Waals surface area contributed by atoms with E-state index in [0.717, 1.165) is 26.2 Å². The van der Waals surface area contributed by atoms with Crippen LogP contribution in [0.15, 0.2) is 30.2 Å². The van der Waals surface area contributed by atoms with Gasteiger partial charge in [-0.15, -0.1) is 17.9 Å². The smallest absolute Gasteiger partial charge is 0.0703 e. The summed E-state index contributed by atoms with van der Waals surface area (Å²) in [4.78, 5) is 3.83. The summed E-state index contributed by atoms with van der Waals surface area (Å²) >= 11 is 1.82. The lowest BCUT2D eigenvalue weighted by molar-refractivity contribution is 0.0749. The zero-order chi connectivity index (χ0) is 11.2. The van der Waals surface area contributed by atoms with Gasteiger partial charge < -0.3 is 4.74 Å². The maximum Gasteiger partial charge on any atom is 0.0703 e. The summed E-state index contributed by atoms with van der Waals surface area (Å²) in [6.07, 6.45) is 4.83. The van der Waals surface area contributed by atoms with Crippen molar-refractivity contribution in [3.05, 3.63) is 35.0 Å². The second kappa shape index (κ2) is 6.18. The van der Waals surface area contributed by atoms with Crippen LogP contribution in [0.4, 0.5) is 0 Å². The third-order valence-corrected chi connectivity index (χ3v) is 3.69. The Morgan fingerprint density at radius 3 is 3.19 bits per heavy atom. The highest BCUT2D eigenvalue weighted by Gasteiger charge is 2.18. The molecule has 0 aromatic carbocycles. The maximum absolute atomic E-state index is 5.68. The average Bonchev–Trinajstić information content (AvgIpc) is 2.91. The fourth-order valence-electron chi connectivity index (χ4n) is 2.09. The van der Waals surface area contributed by atoms with E-state index < -0.39 is 0 Å². The molecule has 1 aliphatic rings. The van der Waals surface area contributed by atoms with Crippen molar-refractivity contribution in [1.82, 2.24) is 4.90 Å². The Balaban J connectivity index is 1.86. The first-order valence-corrected chi connectivity index (χ1v) is 6.73. The van der Waals surface area contributed by atoms with E-state index in [1.807, 2.05) is 17.4 Å². The minimum absolute atomic E-state index is 0.430. The van der Waals surface area contributed by atoms with E-state index in [1.165, 1.54) is 17.7 Å². The van der Waals surface area contributed by atoms with Gasteiger partial charge in [0.15, 0.2) is 0 Å². The number of ether oxygens (including phenoxy) is 1. The van der Waals surface area contributed by atoms with Crippen molar-refractivity contribution in [3.8, 4) is 0 Å². The molecule has 1 atom stereocenters. The van der Waals surface area contributed by atoms with Gasteiger partial charge in [0.2, 0.25) is 0 Å². The molecule has 1 aromatic rings. The number of hydrogen-bond acceptors (Lipinski definition) is 3. The van der Waals surface area contributed by atoms with Gasteiger partial charge in [0.1, 0.15) is 0 Å². The lowest BCUT2D eigenvalue weighted by Crippen LogP contribution is -2.31. The summed E-state index contributed by atoms with van der Waals surface area (Å²) in [5, 5.41) is 2.13. The molecule has 1 aliphatic heterocycles. The second-order valence-electron chi connectivity index (χ2n) is 4.20. The number of thiophene rings is 1. The molecule has 0 spiro atoms. The number of nitrogens with zero attached hydrogens (tertiary/aromatic N) is 1. The topological polar surface area (TPSA) is 12.5 Å². The van der Waals surface area contributed by atoms with Gasteiger partial charge in [-0.1, -0.05) is 12.1 Å². The van der Waals surface area contributed by atoms with Crippen molar-refractivity contribution >= 4 is 11.3 Å². The summed E-state index contributed by atoms with van der Waals surface area (Å²) in [6, 6.07) is 4.30. The average molecular weight is 237 g/mol. The van der Waals surface area contributed by atoms with Crippen LogP contribution in [0.25, 0.3) is 0 Å². The van der Waals surface area contributed by atoms with E-state index in [-0.39, 0.29) is 0 Å². The predicted molar refractivity (Wildman–Crippen MR) is 68.8 cm³/mol. The Labute approximate surface area is 102 Å². The van der Waals surface area contributed by atoms with E-state index in [0.29, 0.717) is 6.10 Å². The van der Waals surface area contributed by atoms with Crippen LogP contribution in [0.3, 0.4) is 0 Å². The summed E-state index contributed by atoms with van der Waals surface area (Å²) < 4.78 is 5.68. The molecule has 2 heterocycles. The van der Waals surface area contributed by atoms with Gasteiger partial charge in [0.05, 0.1) is 6.10 Å². The summed E-state index contributed by atoms with van der Waals surface area (Å²) in [5.74, 6) is 0. The minimum atomic E-state index is 0.430. The standard InChI is InChI=1S/C13H19NOS/c1-2-7-14(10-12-5-3-8-15-12)11-13-6-4-9-16-13/h2,4,6,9,12H,1,3,5,7-8,10-11H2. The van der Waals surface area contributed by atoms with Gasteiger partial charge >= 0.3 is 0 Å². The molecule has 0 saturated carbocycles. The Morgan fingerprint density at radius 2 is 2.56 bits per heavy atom. The third-order valence-electron chi connectivity index (χ3n) is 2.83. The molecule has 0 amide bonds. The number of rotatable bonds is 6. The molecule has 1 saturated heterocycles. The molecule has 88 valence electrons. The van der Waals surface area contributed by atoms with Crippen LogP contribution in [0.5, 0.6) is 0 Å². The normalized spacial score (nSPS) is 20.4. The van der Waals surface area contributed by atoms with Gasteiger partial charge in [-0.25, -0.2) is 0 Å². The van der Waals surface area contributed by atoms with Crippen molar-refractivity contribution in [2.45, 2.75) is 25.5 Å². The van der Waals surface area contributed by atoms with E-state index in [1.54, 1.807) is 0 Å². The van der Waals surface area contributed by atoms with Crippen LogP contribution in [0, 0.1) is 0 Å². The molecule has 1 aromatic heterocycles. The fraction of sp³-hybridized carbons (Fsp3) is 0.538. The second-order valence-corrected chi connectivity index (χ2v) is 5.23. The minimum Gasteiger partial charge on any atom is -0.377 e. The first-order valence-electron chi connectivity index (χ1n) is 5.85. The highest BCUT2D eigenvalue weighted by Crippen LogP contribution is 2.16. The third kappa shape index (κ3) is 3.44. The van der Waals surface area contributed by atoms with Crippen molar-refractivity contribution < 1.29 is 4.74 Å². The Hall–Kier alpha value is -0.640. The molecule has 1 fully saturated rings. The van der Waals surface area contributed by atoms with Gasteiger partial charge in [-0.05, 0) is 24.3 Å². The Bertz CT molecular complexity index is 304. The van der Waals surface area contributed by atoms with Crippen LogP contribution < -0.4 is 0 Å². The zero-order valence-electron chi connectivity index (χ0n) is 9.60. The summed E-state index contributed by atoms with van der Waals surface area (Å²) in [7, 11) is 0. The zero-order valence-corrected chi connectivity index (χ0v) is 10.4. The molecule has 3 heteroatoms. The molecule has 16 heavy (non-hydrogen) atoms. The van der Waals surface area contributed by atoms with Crippen LogP contribution in [0.1, 0.15) is 17.7 Å². The van der Waals surface area contributed by atoms with Crippen molar-refractivity contribution in [3.63, 3.8) is 0 Å². The quantitative estimate of drug-likeness (QED) is 0.705. The molecule has 0 radical (unpaired) electrons. The lowest BCUT2D eigenvalue weighted by atomic mass is 10.2. The van der Waals surface area contributed by atoms with Crippen LogP contribution in [0.2, 0.25) is 0 Å². The van der Waals surface area contributed by atoms with Gasteiger partial charge in [0.25, 0.3) is 0 Å². The van der Waals surface area contributed by atoms with E-state index in [4.69, 9.17) is 4.74 Å². The molecular weight excluding hydrogens is 218 g/mol. The monoisotopic (exact) mass is 237 g/mol. The lowest BCUT2D eigenvalue weighted by Gasteiger charge is -2.23. The van der Waals surface area contributed by atoms with Gasteiger partial charge in [0, 0.05) is 31.1 Å². The van der Waals surface area contributed by atoms with E-state index >= 15 is 0 Å². The van der Waals surface area contributed by atoms with Crippen LogP contribution in [-0.2, 0) is 11.3 Å². The first kappa shape index (κ1) is 11.8.